The lowest BCUT2D eigenvalue weighted by atomic mass is 9.97. The van der Waals surface area contributed by atoms with E-state index in [0.29, 0.717) is 5.71 Å². The van der Waals surface area contributed by atoms with Crippen molar-refractivity contribution in [3.05, 3.63) is 11.3 Å². The molecular weight excluding hydrogens is 194 g/mol. The third-order valence-corrected chi connectivity index (χ3v) is 2.83. The lowest BCUT2D eigenvalue weighted by Crippen LogP contribution is -2.34. The number of hydrogen-bond donors (Lipinski definition) is 3. The van der Waals surface area contributed by atoms with Crippen LogP contribution in [0.15, 0.2) is 16.4 Å². The molecule has 0 fully saturated rings. The van der Waals surface area contributed by atoms with Crippen LogP contribution in [-0.2, 0) is 4.79 Å². The standard InChI is InChI=1S/C10H17N3O2/c1-4-5(2)8-9(14)7(6(3)13-11)10(15)12-8/h5,8,14H,4,11H2,1-3H3,(H,12,15)/b13-6+. The van der Waals surface area contributed by atoms with Crippen LogP contribution < -0.4 is 11.2 Å². The Morgan fingerprint density at radius 3 is 2.80 bits per heavy atom. The van der Waals surface area contributed by atoms with Crippen LogP contribution in [0.25, 0.3) is 0 Å². The van der Waals surface area contributed by atoms with Crippen molar-refractivity contribution in [2.24, 2.45) is 16.9 Å². The Hall–Kier alpha value is -1.52. The van der Waals surface area contributed by atoms with Crippen molar-refractivity contribution in [3.63, 3.8) is 0 Å². The van der Waals surface area contributed by atoms with Gasteiger partial charge in [0, 0.05) is 0 Å². The molecule has 2 unspecified atom stereocenters. The van der Waals surface area contributed by atoms with E-state index in [1.165, 1.54) is 0 Å². The minimum absolute atomic E-state index is 0.0565. The van der Waals surface area contributed by atoms with Gasteiger partial charge in [0.05, 0.1) is 11.8 Å². The van der Waals surface area contributed by atoms with E-state index >= 15 is 0 Å². The number of hydrogen-bond acceptors (Lipinski definition) is 4. The summed E-state index contributed by atoms with van der Waals surface area (Å²) in [5.74, 6) is 5.04. The van der Waals surface area contributed by atoms with Crippen molar-refractivity contribution >= 4 is 11.6 Å². The molecule has 15 heavy (non-hydrogen) atoms. The molecule has 4 N–H and O–H groups in total. The summed E-state index contributed by atoms with van der Waals surface area (Å²) in [6.45, 7) is 5.58. The van der Waals surface area contributed by atoms with Gasteiger partial charge >= 0.3 is 0 Å². The second-order valence-corrected chi connectivity index (χ2v) is 3.81. The van der Waals surface area contributed by atoms with Crippen LogP contribution in [0, 0.1) is 5.92 Å². The van der Waals surface area contributed by atoms with Gasteiger partial charge in [-0.25, -0.2) is 0 Å². The number of amides is 1. The molecule has 2 atom stereocenters. The molecule has 1 rings (SSSR count). The predicted molar refractivity (Wildman–Crippen MR) is 58.3 cm³/mol. The molecule has 1 aliphatic heterocycles. The Bertz CT molecular complexity index is 334. The number of nitrogens with one attached hydrogen (secondary N) is 1. The highest BCUT2D eigenvalue weighted by Gasteiger charge is 2.35. The maximum absolute atomic E-state index is 11.6. The predicted octanol–water partition coefficient (Wildman–Crippen LogP) is 0.678. The van der Waals surface area contributed by atoms with Crippen LogP contribution in [0.5, 0.6) is 0 Å². The lowest BCUT2D eigenvalue weighted by molar-refractivity contribution is -0.116. The Kier molecular flexibility index (Phi) is 3.34. The topological polar surface area (TPSA) is 87.7 Å². The molecule has 0 radical (unpaired) electrons. The second-order valence-electron chi connectivity index (χ2n) is 3.81. The zero-order valence-electron chi connectivity index (χ0n) is 9.24. The van der Waals surface area contributed by atoms with Gasteiger partial charge in [0.2, 0.25) is 0 Å². The molecule has 5 heteroatoms. The van der Waals surface area contributed by atoms with E-state index in [0.717, 1.165) is 6.42 Å². The molecule has 1 amide bonds. The van der Waals surface area contributed by atoms with Crippen molar-refractivity contribution in [2.45, 2.75) is 33.2 Å². The SMILES string of the molecule is CCC(C)C1NC(=O)C(/C(C)=N/N)=C1O. The van der Waals surface area contributed by atoms with Crippen LogP contribution in [0.1, 0.15) is 27.2 Å². The monoisotopic (exact) mass is 211 g/mol. The lowest BCUT2D eigenvalue weighted by Gasteiger charge is -2.17. The summed E-state index contributed by atoms with van der Waals surface area (Å²) < 4.78 is 0. The van der Waals surface area contributed by atoms with Gasteiger partial charge in [-0.15, -0.1) is 0 Å². The summed E-state index contributed by atoms with van der Waals surface area (Å²) in [6, 6.07) is -0.311. The van der Waals surface area contributed by atoms with E-state index < -0.39 is 0 Å². The zero-order valence-corrected chi connectivity index (χ0v) is 9.24. The summed E-state index contributed by atoms with van der Waals surface area (Å²) in [5, 5.41) is 16.0. The van der Waals surface area contributed by atoms with Gasteiger partial charge in [-0.05, 0) is 12.8 Å². The number of carbonyl (C=O) groups is 1. The van der Waals surface area contributed by atoms with Gasteiger partial charge in [0.15, 0.2) is 0 Å². The number of nitrogens with zero attached hydrogens (tertiary/aromatic N) is 1. The smallest absolute Gasteiger partial charge is 0.257 e. The quantitative estimate of drug-likeness (QED) is 0.364. The number of hydrazone groups is 1. The molecule has 1 aliphatic rings. The minimum atomic E-state index is -0.311. The van der Waals surface area contributed by atoms with Crippen molar-refractivity contribution < 1.29 is 9.90 Å². The van der Waals surface area contributed by atoms with E-state index in [1.54, 1.807) is 6.92 Å². The Labute approximate surface area is 89.0 Å². The number of rotatable bonds is 3. The van der Waals surface area contributed by atoms with Crippen molar-refractivity contribution in [1.82, 2.24) is 5.32 Å². The second kappa shape index (κ2) is 4.33. The molecule has 5 nitrogen and oxygen atoms in total. The molecular formula is C10H17N3O2. The number of aliphatic hydroxyl groups is 1. The summed E-state index contributed by atoms with van der Waals surface area (Å²) in [6.07, 6.45) is 0.876. The molecule has 0 spiro atoms. The van der Waals surface area contributed by atoms with E-state index in [1.807, 2.05) is 13.8 Å². The first-order valence-electron chi connectivity index (χ1n) is 5.01. The normalized spacial score (nSPS) is 24.3. The van der Waals surface area contributed by atoms with E-state index in [-0.39, 0.29) is 29.2 Å². The van der Waals surface area contributed by atoms with Crippen LogP contribution >= 0.6 is 0 Å². The largest absolute Gasteiger partial charge is 0.509 e. The summed E-state index contributed by atoms with van der Waals surface area (Å²) in [4.78, 5) is 11.6. The van der Waals surface area contributed by atoms with E-state index in [4.69, 9.17) is 5.84 Å². The number of nitrogens with two attached hydrogens (primary N) is 1. The average molecular weight is 211 g/mol. The fraction of sp³-hybridized carbons (Fsp3) is 0.600. The first-order chi connectivity index (χ1) is 7.02. The van der Waals surface area contributed by atoms with Gasteiger partial charge in [-0.3, -0.25) is 4.79 Å². The molecule has 0 aromatic heterocycles. The highest BCUT2D eigenvalue weighted by atomic mass is 16.3. The van der Waals surface area contributed by atoms with E-state index in [2.05, 4.69) is 10.4 Å². The van der Waals surface area contributed by atoms with Crippen molar-refractivity contribution in [3.8, 4) is 0 Å². The fourth-order valence-electron chi connectivity index (χ4n) is 1.62. The Morgan fingerprint density at radius 1 is 1.73 bits per heavy atom. The fourth-order valence-corrected chi connectivity index (χ4v) is 1.62. The molecule has 1 heterocycles. The van der Waals surface area contributed by atoms with Crippen LogP contribution in [0.2, 0.25) is 0 Å². The third kappa shape index (κ3) is 1.95. The summed E-state index contributed by atoms with van der Waals surface area (Å²) in [7, 11) is 0. The summed E-state index contributed by atoms with van der Waals surface area (Å²) in [5.41, 5.74) is 0.568. The van der Waals surface area contributed by atoms with Gasteiger partial charge in [-0.2, -0.15) is 5.10 Å². The Balaban J connectivity index is 3.04. The van der Waals surface area contributed by atoms with Crippen LogP contribution in [0.3, 0.4) is 0 Å². The van der Waals surface area contributed by atoms with Crippen molar-refractivity contribution in [2.75, 3.05) is 0 Å². The van der Waals surface area contributed by atoms with Crippen molar-refractivity contribution in [1.29, 1.82) is 0 Å². The first kappa shape index (κ1) is 11.6. The molecule has 0 saturated heterocycles. The maximum atomic E-state index is 11.6. The number of aliphatic hydroxyl groups excluding tert-OH is 1. The first-order valence-corrected chi connectivity index (χ1v) is 5.01. The average Bonchev–Trinajstić information content (AvgIpc) is 2.52. The third-order valence-electron chi connectivity index (χ3n) is 2.83. The Morgan fingerprint density at radius 2 is 2.33 bits per heavy atom. The maximum Gasteiger partial charge on any atom is 0.257 e. The van der Waals surface area contributed by atoms with Gasteiger partial charge in [-0.1, -0.05) is 20.3 Å². The van der Waals surface area contributed by atoms with Gasteiger partial charge in [0.25, 0.3) is 5.91 Å². The molecule has 84 valence electrons. The molecule has 0 bridgehead atoms. The van der Waals surface area contributed by atoms with Gasteiger partial charge in [0.1, 0.15) is 11.3 Å². The molecule has 0 saturated carbocycles. The highest BCUT2D eigenvalue weighted by Crippen LogP contribution is 2.23. The summed E-state index contributed by atoms with van der Waals surface area (Å²) >= 11 is 0. The molecule has 0 aliphatic carbocycles. The highest BCUT2D eigenvalue weighted by molar-refractivity contribution is 6.22. The number of carbonyl (C=O) groups excluding carboxylic acids is 1. The minimum Gasteiger partial charge on any atom is -0.509 e. The van der Waals surface area contributed by atoms with Crippen LogP contribution in [0.4, 0.5) is 0 Å². The van der Waals surface area contributed by atoms with E-state index in [9.17, 15) is 9.90 Å². The zero-order chi connectivity index (χ0) is 11.6. The molecule has 0 aromatic carbocycles. The van der Waals surface area contributed by atoms with Crippen LogP contribution in [-0.4, -0.2) is 22.8 Å². The van der Waals surface area contributed by atoms with Gasteiger partial charge < -0.3 is 16.3 Å². The molecule has 0 aromatic rings.